The number of nitrogens with zero attached hydrogens (tertiary/aromatic N) is 1. The number of anilines is 5. The van der Waals surface area contributed by atoms with Crippen molar-refractivity contribution in [1.29, 1.82) is 0 Å². The molecule has 1 aromatic heterocycles. The van der Waals surface area contributed by atoms with E-state index in [1.807, 2.05) is 4.98 Å². The minimum absolute atomic E-state index is 0.00966. The number of nitrogens with one attached hydrogen (secondary N) is 4. The van der Waals surface area contributed by atoms with Gasteiger partial charge in [0.05, 0.1) is 28.2 Å². The summed E-state index contributed by atoms with van der Waals surface area (Å²) in [6.07, 6.45) is 0. The molecule has 1 aliphatic rings. The van der Waals surface area contributed by atoms with Gasteiger partial charge in [-0.25, -0.2) is 9.59 Å². The first-order valence-electron chi connectivity index (χ1n) is 11.1. The number of carbonyl (C=O) groups is 2. The summed E-state index contributed by atoms with van der Waals surface area (Å²) in [5, 5.41) is 5.02. The average Bonchev–Trinajstić information content (AvgIpc) is 2.87. The van der Waals surface area contributed by atoms with Crippen LogP contribution in [0.25, 0.3) is 0 Å². The first-order chi connectivity index (χ1) is 19.1. The Labute approximate surface area is 228 Å². The van der Waals surface area contributed by atoms with E-state index in [4.69, 9.17) is 5.73 Å². The third kappa shape index (κ3) is 4.98. The molecule has 0 bridgehead atoms. The maximum atomic E-state index is 13.4. The lowest BCUT2D eigenvalue weighted by Crippen LogP contribution is -2.26. The zero-order valence-electron chi connectivity index (χ0n) is 20.1. The third-order valence-electron chi connectivity index (χ3n) is 5.94. The Bertz CT molecular complexity index is 2130. The van der Waals surface area contributed by atoms with Crippen molar-refractivity contribution in [2.75, 3.05) is 16.4 Å². The lowest BCUT2D eigenvalue weighted by Gasteiger charge is -2.24. The van der Waals surface area contributed by atoms with Crippen LogP contribution in [0.5, 0.6) is 0 Å². The van der Waals surface area contributed by atoms with E-state index in [0.29, 0.717) is 0 Å². The highest BCUT2D eigenvalue weighted by Gasteiger charge is 2.36. The molecular weight excluding hydrogens is 584 g/mol. The van der Waals surface area contributed by atoms with Crippen LogP contribution in [0.1, 0.15) is 31.8 Å². The molecule has 16 nitrogen and oxygen atoms in total. The van der Waals surface area contributed by atoms with Gasteiger partial charge in [-0.3, -0.25) is 28.7 Å². The minimum atomic E-state index is -5.02. The van der Waals surface area contributed by atoms with E-state index in [-0.39, 0.29) is 33.8 Å². The average molecular weight is 601 g/mol. The van der Waals surface area contributed by atoms with Crippen molar-refractivity contribution in [1.82, 2.24) is 15.0 Å². The fraction of sp³-hybridized carbons (Fsp3) is 0. The highest BCUT2D eigenvalue weighted by atomic mass is 32.2. The highest BCUT2D eigenvalue weighted by molar-refractivity contribution is 7.86. The highest BCUT2D eigenvalue weighted by Crippen LogP contribution is 2.40. The van der Waals surface area contributed by atoms with Gasteiger partial charge in [-0.15, -0.1) is 0 Å². The standard InChI is InChI=1S/C23H16N6O10S2/c24-18-15(41(37,38)39)8-13(16-17(18)20(31)11-4-2-1-3-10(11)19(16)30)25-9-5-6-12(14(7-9)40(34,35)36)26-21-27-22(32)29-23(33)28-21/h1-8,25H,24H2,(H,34,35,36)(H,37,38,39)(H3,26,27,28,29,32,33). The molecule has 0 saturated heterocycles. The quantitative estimate of drug-likeness (QED) is 0.105. The molecule has 18 heteroatoms. The summed E-state index contributed by atoms with van der Waals surface area (Å²) in [7, 11) is -10.0. The minimum Gasteiger partial charge on any atom is -0.397 e. The molecule has 1 heterocycles. The Morgan fingerprint density at radius 3 is 1.93 bits per heavy atom. The van der Waals surface area contributed by atoms with Crippen molar-refractivity contribution in [3.05, 3.63) is 91.8 Å². The molecule has 210 valence electrons. The summed E-state index contributed by atoms with van der Waals surface area (Å²) in [5.41, 5.74) is 1.54. The third-order valence-corrected chi connectivity index (χ3v) is 7.72. The van der Waals surface area contributed by atoms with Crippen LogP contribution in [-0.2, 0) is 20.2 Å². The van der Waals surface area contributed by atoms with Gasteiger partial charge in [0.15, 0.2) is 11.6 Å². The number of fused-ring (bicyclic) bond motifs is 2. The van der Waals surface area contributed by atoms with Gasteiger partial charge in [0.25, 0.3) is 20.2 Å². The molecule has 0 fully saturated rings. The van der Waals surface area contributed by atoms with Crippen LogP contribution in [0.3, 0.4) is 0 Å². The van der Waals surface area contributed by atoms with Gasteiger partial charge in [-0.05, 0) is 24.3 Å². The molecule has 0 spiro atoms. The zero-order valence-corrected chi connectivity index (χ0v) is 21.8. The monoisotopic (exact) mass is 600 g/mol. The number of aromatic amines is 2. The Balaban J connectivity index is 1.68. The molecule has 0 saturated carbocycles. The van der Waals surface area contributed by atoms with E-state index >= 15 is 0 Å². The predicted molar refractivity (Wildman–Crippen MR) is 142 cm³/mol. The Kier molecular flexibility index (Phi) is 6.34. The molecule has 8 N–H and O–H groups in total. The van der Waals surface area contributed by atoms with Crippen LogP contribution in [0, 0.1) is 0 Å². The number of hydrogen-bond donors (Lipinski definition) is 7. The van der Waals surface area contributed by atoms with Gasteiger partial charge >= 0.3 is 11.4 Å². The molecule has 3 aromatic carbocycles. The Morgan fingerprint density at radius 2 is 1.34 bits per heavy atom. The molecule has 5 rings (SSSR count). The summed E-state index contributed by atoms with van der Waals surface area (Å²) in [5.74, 6) is -1.97. The van der Waals surface area contributed by atoms with E-state index < -0.39 is 70.2 Å². The molecule has 4 aromatic rings. The van der Waals surface area contributed by atoms with Crippen LogP contribution in [0.4, 0.5) is 28.7 Å². The SMILES string of the molecule is Nc1c(S(=O)(=O)O)cc(Nc2ccc(Nc3nc(=O)[nH]c(=O)[nH]3)c(S(=O)(=O)O)c2)c2c1C(=O)c1ccccc1C2=O. The number of nitrogens with two attached hydrogens (primary N) is 1. The van der Waals surface area contributed by atoms with E-state index in [1.54, 1.807) is 0 Å². The summed E-state index contributed by atoms with van der Waals surface area (Å²) < 4.78 is 68.2. The number of carbonyl (C=O) groups excluding carboxylic acids is 2. The second kappa shape index (κ2) is 9.48. The van der Waals surface area contributed by atoms with Crippen molar-refractivity contribution in [3.63, 3.8) is 0 Å². The van der Waals surface area contributed by atoms with Gasteiger partial charge in [0, 0.05) is 16.8 Å². The molecule has 0 aliphatic heterocycles. The number of ketones is 2. The fourth-order valence-electron chi connectivity index (χ4n) is 4.26. The fourth-order valence-corrected chi connectivity index (χ4v) is 5.58. The lowest BCUT2D eigenvalue weighted by atomic mass is 9.82. The largest absolute Gasteiger partial charge is 0.397 e. The number of H-pyrrole nitrogens is 2. The first-order valence-corrected chi connectivity index (χ1v) is 14.0. The van der Waals surface area contributed by atoms with Crippen LogP contribution in [0.15, 0.2) is 67.9 Å². The Hall–Kier alpha value is -5.17. The molecule has 1 aliphatic carbocycles. The van der Waals surface area contributed by atoms with Gasteiger partial charge in [-0.1, -0.05) is 24.3 Å². The summed E-state index contributed by atoms with van der Waals surface area (Å²) in [4.78, 5) is 55.4. The predicted octanol–water partition coefficient (Wildman–Crippen LogP) is 0.796. The molecule has 0 radical (unpaired) electrons. The van der Waals surface area contributed by atoms with Crippen molar-refractivity contribution in [2.24, 2.45) is 0 Å². The second-order valence-electron chi connectivity index (χ2n) is 8.55. The maximum Gasteiger partial charge on any atom is 0.352 e. The normalized spacial score (nSPS) is 12.9. The second-order valence-corrected chi connectivity index (χ2v) is 11.3. The number of hydrogen-bond acceptors (Lipinski definition) is 12. The molecule has 0 amide bonds. The van der Waals surface area contributed by atoms with Gasteiger partial charge in [-0.2, -0.15) is 21.8 Å². The van der Waals surface area contributed by atoms with Crippen molar-refractivity contribution < 1.29 is 35.5 Å². The van der Waals surface area contributed by atoms with Gasteiger partial charge in [0.2, 0.25) is 5.95 Å². The number of benzene rings is 3. The van der Waals surface area contributed by atoms with Crippen molar-refractivity contribution in [2.45, 2.75) is 9.79 Å². The van der Waals surface area contributed by atoms with Crippen LogP contribution < -0.4 is 27.7 Å². The van der Waals surface area contributed by atoms with Crippen molar-refractivity contribution >= 4 is 60.5 Å². The number of nitrogen functional groups attached to an aromatic ring is 1. The first kappa shape index (κ1) is 27.4. The molecular formula is C23H16N6O10S2. The number of rotatable bonds is 6. The lowest BCUT2D eigenvalue weighted by molar-refractivity contribution is 0.0980. The maximum absolute atomic E-state index is 13.4. The van der Waals surface area contributed by atoms with E-state index in [1.165, 1.54) is 30.3 Å². The van der Waals surface area contributed by atoms with E-state index in [9.17, 15) is 45.1 Å². The molecule has 41 heavy (non-hydrogen) atoms. The van der Waals surface area contributed by atoms with E-state index in [0.717, 1.165) is 18.2 Å². The summed E-state index contributed by atoms with van der Waals surface area (Å²) >= 11 is 0. The summed E-state index contributed by atoms with van der Waals surface area (Å²) in [6, 6.07) is 9.67. The number of aromatic nitrogens is 3. The van der Waals surface area contributed by atoms with E-state index in [2.05, 4.69) is 20.6 Å². The summed E-state index contributed by atoms with van der Waals surface area (Å²) in [6.45, 7) is 0. The molecule has 0 unspecified atom stereocenters. The van der Waals surface area contributed by atoms with Crippen LogP contribution in [0.2, 0.25) is 0 Å². The molecule has 0 atom stereocenters. The van der Waals surface area contributed by atoms with Crippen LogP contribution in [-0.4, -0.2) is 52.5 Å². The van der Waals surface area contributed by atoms with Gasteiger partial charge in [0.1, 0.15) is 9.79 Å². The Morgan fingerprint density at radius 1 is 0.732 bits per heavy atom. The van der Waals surface area contributed by atoms with Gasteiger partial charge < -0.3 is 16.4 Å². The van der Waals surface area contributed by atoms with Crippen molar-refractivity contribution in [3.8, 4) is 0 Å². The smallest absolute Gasteiger partial charge is 0.352 e. The van der Waals surface area contributed by atoms with Crippen LogP contribution >= 0.6 is 0 Å². The topological polar surface area (TPSA) is 272 Å². The zero-order chi connectivity index (χ0) is 29.9.